The molecular weight excluding hydrogens is 300 g/mol. The van der Waals surface area contributed by atoms with Crippen LogP contribution in [0.1, 0.15) is 48.6 Å². The van der Waals surface area contributed by atoms with Crippen molar-refractivity contribution < 1.29 is 0 Å². The first-order chi connectivity index (χ1) is 11.9. The highest BCUT2D eigenvalue weighted by molar-refractivity contribution is 5.85. The summed E-state index contributed by atoms with van der Waals surface area (Å²) in [6, 6.07) is 20.6. The van der Waals surface area contributed by atoms with E-state index in [0.29, 0.717) is 0 Å². The van der Waals surface area contributed by atoms with Crippen LogP contribution in [0.3, 0.4) is 0 Å². The van der Waals surface area contributed by atoms with Gasteiger partial charge in [-0.05, 0) is 70.8 Å². The molecule has 0 saturated heterocycles. The van der Waals surface area contributed by atoms with E-state index in [1.165, 1.54) is 50.1 Å². The second kappa shape index (κ2) is 5.59. The molecular formula is C25H26. The molecule has 25 heavy (non-hydrogen) atoms. The molecule has 0 unspecified atom stereocenters. The third-order valence-corrected chi connectivity index (χ3v) is 5.86. The van der Waals surface area contributed by atoms with E-state index in [9.17, 15) is 0 Å². The van der Waals surface area contributed by atoms with Gasteiger partial charge in [-0.3, -0.25) is 0 Å². The van der Waals surface area contributed by atoms with Crippen molar-refractivity contribution in [1.29, 1.82) is 0 Å². The molecule has 0 N–H and O–H groups in total. The van der Waals surface area contributed by atoms with Gasteiger partial charge < -0.3 is 0 Å². The van der Waals surface area contributed by atoms with E-state index in [1.807, 2.05) is 0 Å². The van der Waals surface area contributed by atoms with Crippen LogP contribution < -0.4 is 0 Å². The maximum atomic E-state index is 2.45. The van der Waals surface area contributed by atoms with Crippen molar-refractivity contribution >= 4 is 0 Å². The molecule has 0 radical (unpaired) electrons. The van der Waals surface area contributed by atoms with Crippen molar-refractivity contribution in [2.75, 3.05) is 0 Å². The molecule has 0 amide bonds. The molecule has 1 aliphatic rings. The molecule has 3 aromatic rings. The van der Waals surface area contributed by atoms with Gasteiger partial charge >= 0.3 is 0 Å². The third kappa shape index (κ3) is 2.35. The Morgan fingerprint density at radius 1 is 0.720 bits per heavy atom. The minimum atomic E-state index is 0.0558. The van der Waals surface area contributed by atoms with Crippen molar-refractivity contribution in [2.45, 2.75) is 46.5 Å². The first-order valence-electron chi connectivity index (χ1n) is 9.28. The maximum absolute atomic E-state index is 2.45. The van der Waals surface area contributed by atoms with Gasteiger partial charge in [-0.1, -0.05) is 74.9 Å². The largest absolute Gasteiger partial charge is 0.0620 e. The highest BCUT2D eigenvalue weighted by Gasteiger charge is 2.36. The Balaban J connectivity index is 1.98. The highest BCUT2D eigenvalue weighted by atomic mass is 14.4. The van der Waals surface area contributed by atoms with E-state index < -0.39 is 0 Å². The fourth-order valence-electron chi connectivity index (χ4n) is 4.38. The topological polar surface area (TPSA) is 0 Å². The summed E-state index contributed by atoms with van der Waals surface area (Å²) in [7, 11) is 0. The second-order valence-electron chi connectivity index (χ2n) is 7.90. The van der Waals surface area contributed by atoms with Gasteiger partial charge in [0.15, 0.2) is 0 Å². The van der Waals surface area contributed by atoms with Crippen LogP contribution >= 0.6 is 0 Å². The van der Waals surface area contributed by atoms with E-state index in [4.69, 9.17) is 0 Å². The normalized spacial score (nSPS) is 14.3. The smallest absolute Gasteiger partial charge is 0.0159 e. The van der Waals surface area contributed by atoms with E-state index >= 15 is 0 Å². The Labute approximate surface area is 151 Å². The van der Waals surface area contributed by atoms with Gasteiger partial charge in [0, 0.05) is 5.41 Å². The van der Waals surface area contributed by atoms with Crippen LogP contribution in [0, 0.1) is 13.8 Å². The fraction of sp³-hybridized carbons (Fsp3) is 0.280. The second-order valence-corrected chi connectivity index (χ2v) is 7.90. The van der Waals surface area contributed by atoms with Gasteiger partial charge in [-0.25, -0.2) is 0 Å². The minimum Gasteiger partial charge on any atom is -0.0620 e. The lowest BCUT2D eigenvalue weighted by Crippen LogP contribution is -2.15. The Hall–Kier alpha value is -2.34. The molecule has 3 aromatic carbocycles. The zero-order chi connectivity index (χ0) is 17.8. The molecule has 0 atom stereocenters. The molecule has 0 nitrogen and oxygen atoms in total. The van der Waals surface area contributed by atoms with E-state index in [0.717, 1.165) is 6.42 Å². The highest BCUT2D eigenvalue weighted by Crippen LogP contribution is 2.50. The molecule has 0 aliphatic heterocycles. The first-order valence-corrected chi connectivity index (χ1v) is 9.28. The maximum Gasteiger partial charge on any atom is 0.0159 e. The predicted octanol–water partition coefficient (Wildman–Crippen LogP) is 6.84. The number of aryl methyl sites for hydroxylation is 3. The van der Waals surface area contributed by atoms with Crippen molar-refractivity contribution in [2.24, 2.45) is 0 Å². The quantitative estimate of drug-likeness (QED) is 0.483. The molecule has 0 heteroatoms. The molecule has 0 heterocycles. The average molecular weight is 326 g/mol. The van der Waals surface area contributed by atoms with Crippen LogP contribution in [0.5, 0.6) is 0 Å². The van der Waals surface area contributed by atoms with Crippen molar-refractivity contribution in [3.63, 3.8) is 0 Å². The van der Waals surface area contributed by atoms with Crippen LogP contribution in [0.15, 0.2) is 54.6 Å². The summed E-state index contributed by atoms with van der Waals surface area (Å²) < 4.78 is 0. The SMILES string of the molecule is CCc1ccccc1-c1cc2c(cc1C)-c1ccc(C)cc1C2(C)C. The van der Waals surface area contributed by atoms with Crippen molar-refractivity contribution in [3.05, 3.63) is 82.4 Å². The Kier molecular flexibility index (Phi) is 3.61. The van der Waals surface area contributed by atoms with E-state index in [2.05, 4.69) is 89.2 Å². The zero-order valence-corrected chi connectivity index (χ0v) is 15.9. The molecule has 0 saturated carbocycles. The molecule has 0 spiro atoms. The Morgan fingerprint density at radius 2 is 1.44 bits per heavy atom. The number of rotatable bonds is 2. The molecule has 126 valence electrons. The van der Waals surface area contributed by atoms with Gasteiger partial charge in [-0.15, -0.1) is 0 Å². The van der Waals surface area contributed by atoms with Crippen LogP contribution in [-0.4, -0.2) is 0 Å². The van der Waals surface area contributed by atoms with Gasteiger partial charge in [0.2, 0.25) is 0 Å². The lowest BCUT2D eigenvalue weighted by atomic mass is 9.80. The number of hydrogen-bond donors (Lipinski definition) is 0. The lowest BCUT2D eigenvalue weighted by molar-refractivity contribution is 0.660. The Morgan fingerprint density at radius 3 is 2.20 bits per heavy atom. The standard InChI is InChI=1S/C25H26/c1-6-18-9-7-8-10-19(18)21-15-24-22(14-17(21)3)20-12-11-16(2)13-23(20)25(24,4)5/h7-15H,6H2,1-5H3. The van der Waals surface area contributed by atoms with Gasteiger partial charge in [0.1, 0.15) is 0 Å². The molecule has 0 bridgehead atoms. The third-order valence-electron chi connectivity index (χ3n) is 5.86. The van der Waals surface area contributed by atoms with Gasteiger partial charge in [0.05, 0.1) is 0 Å². The predicted molar refractivity (Wildman–Crippen MR) is 108 cm³/mol. The summed E-state index contributed by atoms with van der Waals surface area (Å²) in [4.78, 5) is 0. The summed E-state index contributed by atoms with van der Waals surface area (Å²) in [5.74, 6) is 0. The summed E-state index contributed by atoms with van der Waals surface area (Å²) in [6.07, 6.45) is 1.06. The zero-order valence-electron chi connectivity index (χ0n) is 15.9. The van der Waals surface area contributed by atoms with Gasteiger partial charge in [-0.2, -0.15) is 0 Å². The van der Waals surface area contributed by atoms with Crippen molar-refractivity contribution in [3.8, 4) is 22.3 Å². The van der Waals surface area contributed by atoms with Crippen LogP contribution in [0.4, 0.5) is 0 Å². The first kappa shape index (κ1) is 16.1. The number of hydrogen-bond acceptors (Lipinski definition) is 0. The van der Waals surface area contributed by atoms with Crippen LogP contribution in [-0.2, 0) is 11.8 Å². The fourth-order valence-corrected chi connectivity index (χ4v) is 4.38. The monoisotopic (exact) mass is 326 g/mol. The minimum absolute atomic E-state index is 0.0558. The summed E-state index contributed by atoms with van der Waals surface area (Å²) >= 11 is 0. The Bertz CT molecular complexity index is 973. The van der Waals surface area contributed by atoms with Crippen LogP contribution in [0.2, 0.25) is 0 Å². The summed E-state index contributed by atoms with van der Waals surface area (Å²) in [6.45, 7) is 11.4. The van der Waals surface area contributed by atoms with Gasteiger partial charge in [0.25, 0.3) is 0 Å². The number of fused-ring (bicyclic) bond motifs is 3. The van der Waals surface area contributed by atoms with E-state index in [1.54, 1.807) is 0 Å². The summed E-state index contributed by atoms with van der Waals surface area (Å²) in [5, 5.41) is 0. The van der Waals surface area contributed by atoms with Crippen LogP contribution in [0.25, 0.3) is 22.3 Å². The molecule has 1 aliphatic carbocycles. The lowest BCUT2D eigenvalue weighted by Gasteiger charge is -2.23. The molecule has 0 aromatic heterocycles. The summed E-state index contributed by atoms with van der Waals surface area (Å²) in [5.41, 5.74) is 12.7. The molecule has 4 rings (SSSR count). The van der Waals surface area contributed by atoms with E-state index in [-0.39, 0.29) is 5.41 Å². The number of benzene rings is 3. The van der Waals surface area contributed by atoms with Crippen molar-refractivity contribution in [1.82, 2.24) is 0 Å². The average Bonchev–Trinajstić information content (AvgIpc) is 2.81. The molecule has 0 fully saturated rings.